The summed E-state index contributed by atoms with van der Waals surface area (Å²) in [5.74, 6) is 0.802. The van der Waals surface area contributed by atoms with Gasteiger partial charge in [0.15, 0.2) is 0 Å². The van der Waals surface area contributed by atoms with Crippen molar-refractivity contribution in [2.75, 3.05) is 13.2 Å². The molecule has 1 spiro atoms. The fraction of sp³-hybridized carbons (Fsp3) is 0.733. The molecule has 3 rings (SSSR count). The Kier molecular flexibility index (Phi) is 2.70. The van der Waals surface area contributed by atoms with E-state index in [2.05, 4.69) is 36.8 Å². The van der Waals surface area contributed by atoms with Gasteiger partial charge in [-0.3, -0.25) is 0 Å². The second kappa shape index (κ2) is 4.02. The smallest absolute Gasteiger partial charge is 0.115 e. The molecule has 2 fully saturated rings. The van der Waals surface area contributed by atoms with Crippen molar-refractivity contribution in [3.63, 3.8) is 0 Å². The van der Waals surface area contributed by atoms with Gasteiger partial charge in [-0.2, -0.15) is 0 Å². The van der Waals surface area contributed by atoms with E-state index in [9.17, 15) is 0 Å². The Hall–Kier alpha value is -0.960. The van der Waals surface area contributed by atoms with Crippen LogP contribution in [0.5, 0.6) is 0 Å². The van der Waals surface area contributed by atoms with Crippen LogP contribution in [0, 0.1) is 11.3 Å². The van der Waals surface area contributed by atoms with E-state index in [1.807, 2.05) is 0 Å². The lowest BCUT2D eigenvalue weighted by Gasteiger charge is -2.53. The van der Waals surface area contributed by atoms with Gasteiger partial charge in [-0.1, -0.05) is 20.8 Å². The second-order valence-corrected chi connectivity index (χ2v) is 7.12. The first-order valence-electron chi connectivity index (χ1n) is 6.86. The maximum absolute atomic E-state index is 5.32. The molecule has 0 radical (unpaired) electrons. The van der Waals surface area contributed by atoms with Gasteiger partial charge in [-0.15, -0.1) is 0 Å². The monoisotopic (exact) mass is 246 g/mol. The topological polar surface area (TPSA) is 35.0 Å². The maximum Gasteiger partial charge on any atom is 0.115 e. The molecule has 1 saturated heterocycles. The number of nitrogens with zero attached hydrogens (tertiary/aromatic N) is 2. The normalized spacial score (nSPS) is 22.6. The predicted octanol–water partition coefficient (Wildman–Crippen LogP) is 2.74. The van der Waals surface area contributed by atoms with E-state index in [1.54, 1.807) is 6.33 Å². The summed E-state index contributed by atoms with van der Waals surface area (Å²) in [5, 5.41) is 0. The van der Waals surface area contributed by atoms with Crippen molar-refractivity contribution < 1.29 is 4.74 Å². The average molecular weight is 246 g/mol. The molecule has 0 unspecified atom stereocenters. The molecule has 1 aliphatic carbocycles. The molecule has 98 valence electrons. The molecule has 3 heteroatoms. The zero-order valence-electron chi connectivity index (χ0n) is 11.6. The number of hydrogen-bond acceptors (Lipinski definition) is 3. The lowest BCUT2D eigenvalue weighted by molar-refractivity contribution is -0.178. The summed E-state index contributed by atoms with van der Waals surface area (Å²) < 4.78 is 5.32. The highest BCUT2D eigenvalue weighted by molar-refractivity contribution is 5.17. The molecule has 0 aromatic carbocycles. The average Bonchev–Trinajstić information content (AvgIpc) is 2.19. The van der Waals surface area contributed by atoms with Gasteiger partial charge in [-0.05, 0) is 31.2 Å². The summed E-state index contributed by atoms with van der Waals surface area (Å²) in [6, 6.07) is 2.18. The van der Waals surface area contributed by atoms with Gasteiger partial charge in [0.2, 0.25) is 0 Å². The molecule has 0 atom stereocenters. The first-order valence-corrected chi connectivity index (χ1v) is 6.86. The standard InChI is InChI=1S/C15H22N2O/c1-14(2,3)13-5-12(16-10-17-13)4-11-6-15(7-11)8-18-9-15/h5,10-11H,4,6-9H2,1-3H3. The van der Waals surface area contributed by atoms with E-state index < -0.39 is 0 Å². The number of hydrogen-bond donors (Lipinski definition) is 0. The lowest BCUT2D eigenvalue weighted by atomic mass is 9.59. The van der Waals surface area contributed by atoms with Crippen LogP contribution in [0.25, 0.3) is 0 Å². The van der Waals surface area contributed by atoms with Crippen molar-refractivity contribution in [2.45, 2.75) is 45.4 Å². The zero-order valence-corrected chi connectivity index (χ0v) is 11.6. The van der Waals surface area contributed by atoms with Crippen LogP contribution in [-0.2, 0) is 16.6 Å². The summed E-state index contributed by atoms with van der Waals surface area (Å²) in [7, 11) is 0. The van der Waals surface area contributed by atoms with Crippen molar-refractivity contribution in [1.29, 1.82) is 0 Å². The summed E-state index contributed by atoms with van der Waals surface area (Å²) in [6.45, 7) is 8.57. The third kappa shape index (κ3) is 2.16. The summed E-state index contributed by atoms with van der Waals surface area (Å²) in [6.07, 6.45) is 5.47. The van der Waals surface area contributed by atoms with Gasteiger partial charge in [0.1, 0.15) is 6.33 Å². The van der Waals surface area contributed by atoms with Crippen LogP contribution in [0.15, 0.2) is 12.4 Å². The molecule has 0 bridgehead atoms. The van der Waals surface area contributed by atoms with E-state index in [-0.39, 0.29) is 5.41 Å². The van der Waals surface area contributed by atoms with Crippen molar-refractivity contribution >= 4 is 0 Å². The Morgan fingerprint density at radius 2 is 2.00 bits per heavy atom. The highest BCUT2D eigenvalue weighted by Crippen LogP contribution is 2.51. The third-order valence-electron chi connectivity index (χ3n) is 4.25. The van der Waals surface area contributed by atoms with Crippen LogP contribution in [0.1, 0.15) is 45.0 Å². The Labute approximate surface area is 109 Å². The van der Waals surface area contributed by atoms with Crippen molar-refractivity contribution in [2.24, 2.45) is 11.3 Å². The molecule has 18 heavy (non-hydrogen) atoms. The Morgan fingerprint density at radius 1 is 1.28 bits per heavy atom. The summed E-state index contributed by atoms with van der Waals surface area (Å²) in [4.78, 5) is 8.81. The minimum Gasteiger partial charge on any atom is -0.380 e. The SMILES string of the molecule is CC(C)(C)c1cc(CC2CC3(COC3)C2)ncn1. The molecular weight excluding hydrogens is 224 g/mol. The highest BCUT2D eigenvalue weighted by atomic mass is 16.5. The van der Waals surface area contributed by atoms with E-state index in [0.717, 1.165) is 31.2 Å². The number of rotatable bonds is 2. The Balaban J connectivity index is 1.63. The van der Waals surface area contributed by atoms with Crippen LogP contribution >= 0.6 is 0 Å². The van der Waals surface area contributed by atoms with Crippen molar-refractivity contribution in [3.05, 3.63) is 23.8 Å². The van der Waals surface area contributed by atoms with E-state index in [1.165, 1.54) is 18.5 Å². The summed E-state index contributed by atoms with van der Waals surface area (Å²) in [5.41, 5.74) is 3.02. The first kappa shape index (κ1) is 12.1. The molecule has 0 amide bonds. The van der Waals surface area contributed by atoms with E-state index in [4.69, 9.17) is 4.74 Å². The largest absolute Gasteiger partial charge is 0.380 e. The van der Waals surface area contributed by atoms with Gasteiger partial charge < -0.3 is 4.74 Å². The quantitative estimate of drug-likeness (QED) is 0.805. The minimum atomic E-state index is 0.111. The van der Waals surface area contributed by atoms with Crippen LogP contribution in [0.4, 0.5) is 0 Å². The molecule has 0 N–H and O–H groups in total. The van der Waals surface area contributed by atoms with Crippen LogP contribution in [0.2, 0.25) is 0 Å². The molecule has 1 saturated carbocycles. The number of ether oxygens (including phenoxy) is 1. The van der Waals surface area contributed by atoms with Crippen LogP contribution in [-0.4, -0.2) is 23.2 Å². The van der Waals surface area contributed by atoms with Crippen molar-refractivity contribution in [3.8, 4) is 0 Å². The molecule has 2 heterocycles. The molecular formula is C15H22N2O. The maximum atomic E-state index is 5.32. The van der Waals surface area contributed by atoms with Crippen LogP contribution < -0.4 is 0 Å². The molecule has 1 aromatic rings. The molecule has 1 aromatic heterocycles. The summed E-state index contributed by atoms with van der Waals surface area (Å²) >= 11 is 0. The molecule has 1 aliphatic heterocycles. The van der Waals surface area contributed by atoms with Crippen molar-refractivity contribution in [1.82, 2.24) is 9.97 Å². The van der Waals surface area contributed by atoms with E-state index >= 15 is 0 Å². The first-order chi connectivity index (χ1) is 8.47. The Bertz CT molecular complexity index is 438. The molecule has 3 nitrogen and oxygen atoms in total. The van der Waals surface area contributed by atoms with Gasteiger partial charge in [0, 0.05) is 22.2 Å². The van der Waals surface area contributed by atoms with Gasteiger partial charge in [0.25, 0.3) is 0 Å². The third-order valence-corrected chi connectivity index (χ3v) is 4.25. The van der Waals surface area contributed by atoms with E-state index in [0.29, 0.717) is 5.41 Å². The zero-order chi connectivity index (χ0) is 12.8. The minimum absolute atomic E-state index is 0.111. The fourth-order valence-corrected chi connectivity index (χ4v) is 3.15. The van der Waals surface area contributed by atoms with Gasteiger partial charge >= 0.3 is 0 Å². The molecule has 2 aliphatic rings. The van der Waals surface area contributed by atoms with Gasteiger partial charge in [0.05, 0.1) is 13.2 Å². The Morgan fingerprint density at radius 3 is 2.56 bits per heavy atom. The predicted molar refractivity (Wildman–Crippen MR) is 70.4 cm³/mol. The lowest BCUT2D eigenvalue weighted by Crippen LogP contribution is -2.52. The van der Waals surface area contributed by atoms with Gasteiger partial charge in [-0.25, -0.2) is 9.97 Å². The van der Waals surface area contributed by atoms with Crippen LogP contribution in [0.3, 0.4) is 0 Å². The fourth-order valence-electron chi connectivity index (χ4n) is 3.15. The highest BCUT2D eigenvalue weighted by Gasteiger charge is 2.49. The number of aromatic nitrogens is 2. The second-order valence-electron chi connectivity index (χ2n) is 7.12.